The third-order valence-corrected chi connectivity index (χ3v) is 3.55. The van der Waals surface area contributed by atoms with Crippen molar-refractivity contribution in [2.24, 2.45) is 0 Å². The number of phenolic OH excluding ortho intramolecular Hbond substituents is 3. The zero-order valence-electron chi connectivity index (χ0n) is 10.3. The number of phenols is 3. The largest absolute Gasteiger partial charge is 0.508 e. The number of nitrogens with zero attached hydrogens (tertiary/aromatic N) is 1. The molecule has 0 aliphatic heterocycles. The van der Waals surface area contributed by atoms with Gasteiger partial charge in [-0.2, -0.15) is 5.10 Å². The Kier molecular flexibility index (Phi) is 1.93. The van der Waals surface area contributed by atoms with Crippen molar-refractivity contribution in [3.05, 3.63) is 36.5 Å². The SMILES string of the molecule is Oc1cc(O)c2c(O)cc3cc4[nH]ncc4cc3c2c1. The summed E-state index contributed by atoms with van der Waals surface area (Å²) in [5.41, 5.74) is 0.862. The average molecular weight is 266 g/mol. The number of aromatic hydroxyl groups is 3. The smallest absolute Gasteiger partial charge is 0.130 e. The van der Waals surface area contributed by atoms with E-state index in [1.54, 1.807) is 12.3 Å². The number of rotatable bonds is 0. The van der Waals surface area contributed by atoms with Gasteiger partial charge in [-0.3, -0.25) is 5.10 Å². The molecule has 5 nitrogen and oxygen atoms in total. The molecule has 0 saturated carbocycles. The number of aromatic nitrogens is 2. The van der Waals surface area contributed by atoms with E-state index in [0.717, 1.165) is 21.7 Å². The molecule has 98 valence electrons. The van der Waals surface area contributed by atoms with Gasteiger partial charge in [-0.05, 0) is 35.0 Å². The second-order valence-corrected chi connectivity index (χ2v) is 4.81. The third-order valence-electron chi connectivity index (χ3n) is 3.55. The Morgan fingerprint density at radius 1 is 0.800 bits per heavy atom. The van der Waals surface area contributed by atoms with Crippen LogP contribution in [-0.4, -0.2) is 25.5 Å². The van der Waals surface area contributed by atoms with E-state index in [9.17, 15) is 15.3 Å². The maximum absolute atomic E-state index is 10.1. The van der Waals surface area contributed by atoms with Gasteiger partial charge in [0.15, 0.2) is 0 Å². The fraction of sp³-hybridized carbons (Fsp3) is 0. The predicted molar refractivity (Wildman–Crippen MR) is 76.1 cm³/mol. The zero-order valence-corrected chi connectivity index (χ0v) is 10.3. The number of hydrogen-bond acceptors (Lipinski definition) is 4. The lowest BCUT2D eigenvalue weighted by atomic mass is 9.99. The minimum absolute atomic E-state index is 0.0242. The summed E-state index contributed by atoms with van der Waals surface area (Å²) in [5.74, 6) is -0.218. The van der Waals surface area contributed by atoms with E-state index in [1.807, 2.05) is 12.1 Å². The van der Waals surface area contributed by atoms with E-state index in [-0.39, 0.29) is 17.2 Å². The summed E-state index contributed by atoms with van der Waals surface area (Å²) in [6.45, 7) is 0. The monoisotopic (exact) mass is 266 g/mol. The summed E-state index contributed by atoms with van der Waals surface area (Å²) in [7, 11) is 0. The fourth-order valence-electron chi connectivity index (χ4n) is 2.67. The van der Waals surface area contributed by atoms with Crippen molar-refractivity contribution in [1.82, 2.24) is 10.2 Å². The highest BCUT2D eigenvalue weighted by molar-refractivity contribution is 6.15. The van der Waals surface area contributed by atoms with Crippen LogP contribution in [0.15, 0.2) is 36.5 Å². The number of fused-ring (bicyclic) bond motifs is 4. The first-order chi connectivity index (χ1) is 9.63. The molecule has 0 saturated heterocycles. The summed E-state index contributed by atoms with van der Waals surface area (Å²) in [6, 6.07) is 8.12. The van der Waals surface area contributed by atoms with Gasteiger partial charge in [-0.15, -0.1) is 0 Å². The number of H-pyrrole nitrogens is 1. The van der Waals surface area contributed by atoms with E-state index in [0.29, 0.717) is 10.8 Å². The molecule has 4 aromatic rings. The normalized spacial score (nSPS) is 11.6. The predicted octanol–water partition coefficient (Wildman–Crippen LogP) is 2.99. The highest BCUT2D eigenvalue weighted by Crippen LogP contribution is 2.41. The molecular weight excluding hydrogens is 256 g/mol. The molecule has 0 unspecified atom stereocenters. The van der Waals surface area contributed by atoms with Crippen molar-refractivity contribution in [1.29, 1.82) is 0 Å². The molecule has 0 spiro atoms. The Labute approximate surface area is 112 Å². The van der Waals surface area contributed by atoms with Crippen molar-refractivity contribution in [2.45, 2.75) is 0 Å². The van der Waals surface area contributed by atoms with Gasteiger partial charge in [-0.1, -0.05) is 0 Å². The second-order valence-electron chi connectivity index (χ2n) is 4.81. The van der Waals surface area contributed by atoms with Crippen molar-refractivity contribution in [2.75, 3.05) is 0 Å². The van der Waals surface area contributed by atoms with Gasteiger partial charge in [0.1, 0.15) is 17.2 Å². The summed E-state index contributed by atoms with van der Waals surface area (Å²) in [6.07, 6.45) is 1.70. The van der Waals surface area contributed by atoms with Gasteiger partial charge in [0.2, 0.25) is 0 Å². The minimum atomic E-state index is -0.147. The lowest BCUT2D eigenvalue weighted by molar-refractivity contribution is 0.449. The van der Waals surface area contributed by atoms with Gasteiger partial charge in [0.05, 0.1) is 17.1 Å². The molecule has 0 atom stereocenters. The van der Waals surface area contributed by atoms with Crippen LogP contribution in [0, 0.1) is 0 Å². The molecule has 0 radical (unpaired) electrons. The maximum Gasteiger partial charge on any atom is 0.130 e. The van der Waals surface area contributed by atoms with Crippen molar-refractivity contribution in [3.8, 4) is 17.2 Å². The van der Waals surface area contributed by atoms with E-state index in [1.165, 1.54) is 12.1 Å². The van der Waals surface area contributed by atoms with Gasteiger partial charge < -0.3 is 15.3 Å². The van der Waals surface area contributed by atoms with Gasteiger partial charge in [0, 0.05) is 16.8 Å². The molecule has 0 bridgehead atoms. The molecule has 4 rings (SSSR count). The van der Waals surface area contributed by atoms with E-state index < -0.39 is 0 Å². The summed E-state index contributed by atoms with van der Waals surface area (Å²) in [4.78, 5) is 0. The first-order valence-corrected chi connectivity index (χ1v) is 6.08. The zero-order chi connectivity index (χ0) is 13.9. The van der Waals surface area contributed by atoms with Crippen LogP contribution >= 0.6 is 0 Å². The van der Waals surface area contributed by atoms with E-state index in [2.05, 4.69) is 10.2 Å². The molecule has 20 heavy (non-hydrogen) atoms. The summed E-state index contributed by atoms with van der Waals surface area (Å²) in [5, 5.41) is 40.0. The quantitative estimate of drug-likeness (QED) is 0.368. The first-order valence-electron chi connectivity index (χ1n) is 6.08. The van der Waals surface area contributed by atoms with Gasteiger partial charge in [0.25, 0.3) is 0 Å². The van der Waals surface area contributed by atoms with E-state index in [4.69, 9.17) is 0 Å². The molecule has 0 amide bonds. The molecule has 0 aliphatic carbocycles. The number of nitrogens with one attached hydrogen (secondary N) is 1. The standard InChI is InChI=1S/C15H10N2O3/c18-9-4-11-10-1-8-6-16-17-12(8)2-7(10)3-13(19)15(11)14(20)5-9/h1-6,18-20H,(H,16,17). The Morgan fingerprint density at radius 2 is 1.60 bits per heavy atom. The van der Waals surface area contributed by atoms with Crippen LogP contribution in [0.3, 0.4) is 0 Å². The number of hydrogen-bond donors (Lipinski definition) is 4. The van der Waals surface area contributed by atoms with Crippen LogP contribution in [-0.2, 0) is 0 Å². The van der Waals surface area contributed by atoms with Crippen molar-refractivity contribution in [3.63, 3.8) is 0 Å². The van der Waals surface area contributed by atoms with Crippen LogP contribution in [0.4, 0.5) is 0 Å². The third kappa shape index (κ3) is 1.34. The summed E-state index contributed by atoms with van der Waals surface area (Å²) < 4.78 is 0. The van der Waals surface area contributed by atoms with Crippen molar-refractivity contribution < 1.29 is 15.3 Å². The Morgan fingerprint density at radius 3 is 2.45 bits per heavy atom. The minimum Gasteiger partial charge on any atom is -0.508 e. The summed E-state index contributed by atoms with van der Waals surface area (Å²) >= 11 is 0. The number of benzene rings is 3. The molecule has 5 heteroatoms. The fourth-order valence-corrected chi connectivity index (χ4v) is 2.67. The van der Waals surface area contributed by atoms with Crippen LogP contribution in [0.25, 0.3) is 32.4 Å². The molecule has 1 heterocycles. The molecule has 0 aliphatic rings. The highest BCUT2D eigenvalue weighted by atomic mass is 16.3. The Balaban J connectivity index is 2.32. The van der Waals surface area contributed by atoms with E-state index >= 15 is 0 Å². The average Bonchev–Trinajstić information content (AvgIpc) is 2.82. The van der Waals surface area contributed by atoms with Crippen LogP contribution in [0.5, 0.6) is 17.2 Å². The van der Waals surface area contributed by atoms with Crippen LogP contribution in [0.1, 0.15) is 0 Å². The lowest BCUT2D eigenvalue weighted by Crippen LogP contribution is -1.81. The molecular formula is C15H10N2O3. The van der Waals surface area contributed by atoms with Gasteiger partial charge >= 0.3 is 0 Å². The first kappa shape index (κ1) is 10.9. The topological polar surface area (TPSA) is 89.4 Å². The molecule has 3 aromatic carbocycles. The second kappa shape index (κ2) is 3.54. The molecule has 0 fully saturated rings. The Hall–Kier alpha value is -2.95. The van der Waals surface area contributed by atoms with Crippen LogP contribution < -0.4 is 0 Å². The van der Waals surface area contributed by atoms with Gasteiger partial charge in [-0.25, -0.2) is 0 Å². The van der Waals surface area contributed by atoms with Crippen LogP contribution in [0.2, 0.25) is 0 Å². The number of aromatic amines is 1. The maximum atomic E-state index is 10.1. The Bertz CT molecular complexity index is 989. The lowest BCUT2D eigenvalue weighted by Gasteiger charge is -2.09. The molecule has 1 aromatic heterocycles. The highest BCUT2D eigenvalue weighted by Gasteiger charge is 2.12. The van der Waals surface area contributed by atoms with Crippen molar-refractivity contribution >= 4 is 32.4 Å². The molecule has 4 N–H and O–H groups in total.